The SMILES string of the molecule is Cc1ccc(OC(=O)[C@H]2CCCNC2)cc1F.[HH]. The van der Waals surface area contributed by atoms with E-state index in [4.69, 9.17) is 4.74 Å². The third-order valence-electron chi connectivity index (χ3n) is 2.99. The number of halogens is 1. The number of aryl methyl sites for hydroxylation is 1. The number of hydrogen-bond acceptors (Lipinski definition) is 3. The predicted octanol–water partition coefficient (Wildman–Crippen LogP) is 2.29. The van der Waals surface area contributed by atoms with E-state index in [1.165, 1.54) is 6.07 Å². The molecule has 4 heteroatoms. The lowest BCUT2D eigenvalue weighted by molar-refractivity contribution is -0.139. The van der Waals surface area contributed by atoms with Crippen LogP contribution in [0.25, 0.3) is 0 Å². The minimum Gasteiger partial charge on any atom is -0.426 e. The van der Waals surface area contributed by atoms with E-state index in [2.05, 4.69) is 5.32 Å². The van der Waals surface area contributed by atoms with Crippen molar-refractivity contribution >= 4 is 5.97 Å². The smallest absolute Gasteiger partial charge is 0.315 e. The Labute approximate surface area is 101 Å². The number of nitrogens with one attached hydrogen (secondary N) is 1. The highest BCUT2D eigenvalue weighted by atomic mass is 19.1. The molecule has 0 bridgehead atoms. The van der Waals surface area contributed by atoms with Crippen molar-refractivity contribution in [2.75, 3.05) is 13.1 Å². The Morgan fingerprint density at radius 3 is 3.06 bits per heavy atom. The van der Waals surface area contributed by atoms with Crippen molar-refractivity contribution in [1.29, 1.82) is 0 Å². The first-order valence-electron chi connectivity index (χ1n) is 5.85. The van der Waals surface area contributed by atoms with E-state index < -0.39 is 0 Å². The quantitative estimate of drug-likeness (QED) is 0.635. The number of benzene rings is 1. The summed E-state index contributed by atoms with van der Waals surface area (Å²) in [5, 5.41) is 3.15. The minimum atomic E-state index is -0.350. The number of hydrogen-bond donors (Lipinski definition) is 1. The molecule has 1 heterocycles. The van der Waals surface area contributed by atoms with E-state index in [0.29, 0.717) is 12.1 Å². The number of esters is 1. The van der Waals surface area contributed by atoms with Gasteiger partial charge in [0.15, 0.2) is 0 Å². The molecule has 1 aromatic carbocycles. The van der Waals surface area contributed by atoms with E-state index in [9.17, 15) is 9.18 Å². The molecule has 1 aromatic rings. The molecule has 0 spiro atoms. The molecule has 94 valence electrons. The third-order valence-corrected chi connectivity index (χ3v) is 2.99. The van der Waals surface area contributed by atoms with Gasteiger partial charge in [0.05, 0.1) is 5.92 Å². The molecule has 0 amide bonds. The van der Waals surface area contributed by atoms with Gasteiger partial charge in [-0.15, -0.1) is 0 Å². The molecule has 0 unspecified atom stereocenters. The van der Waals surface area contributed by atoms with Crippen LogP contribution in [-0.2, 0) is 4.79 Å². The summed E-state index contributed by atoms with van der Waals surface area (Å²) in [6, 6.07) is 4.48. The van der Waals surface area contributed by atoms with E-state index in [-0.39, 0.29) is 24.9 Å². The van der Waals surface area contributed by atoms with Gasteiger partial charge in [0, 0.05) is 14.0 Å². The molecule has 2 rings (SSSR count). The number of ether oxygens (including phenoxy) is 1. The van der Waals surface area contributed by atoms with Gasteiger partial charge in [-0.05, 0) is 37.9 Å². The second-order valence-corrected chi connectivity index (χ2v) is 4.38. The molecule has 1 aliphatic rings. The van der Waals surface area contributed by atoms with Gasteiger partial charge in [0.2, 0.25) is 0 Å². The normalized spacial score (nSPS) is 20.0. The van der Waals surface area contributed by atoms with Crippen molar-refractivity contribution < 1.29 is 15.3 Å². The first-order valence-corrected chi connectivity index (χ1v) is 5.85. The Hall–Kier alpha value is -1.42. The standard InChI is InChI=1S/C13H16FNO2.H2/c1-9-4-5-11(7-12(9)14)17-13(16)10-3-2-6-15-8-10;/h4-5,7,10,15H,2-3,6,8H2,1H3;1H/t10-;/m0./s1. The molecule has 1 N–H and O–H groups in total. The molecule has 1 aliphatic heterocycles. The van der Waals surface area contributed by atoms with Gasteiger partial charge in [-0.1, -0.05) is 6.07 Å². The number of carbonyl (C=O) groups is 1. The summed E-state index contributed by atoms with van der Waals surface area (Å²) in [5.41, 5.74) is 0.545. The molecule has 0 aliphatic carbocycles. The van der Waals surface area contributed by atoms with Crippen LogP contribution in [-0.4, -0.2) is 19.1 Å². The highest BCUT2D eigenvalue weighted by Gasteiger charge is 2.22. The second kappa shape index (κ2) is 5.27. The number of carbonyl (C=O) groups excluding carboxylic acids is 1. The molecule has 0 radical (unpaired) electrons. The molecular weight excluding hydrogens is 221 g/mol. The van der Waals surface area contributed by atoms with Crippen molar-refractivity contribution in [1.82, 2.24) is 5.32 Å². The zero-order chi connectivity index (χ0) is 12.3. The molecule has 1 atom stereocenters. The molecule has 1 saturated heterocycles. The fourth-order valence-electron chi connectivity index (χ4n) is 1.89. The van der Waals surface area contributed by atoms with Crippen LogP contribution in [0, 0.1) is 18.7 Å². The first kappa shape index (κ1) is 12.0. The first-order chi connectivity index (χ1) is 8.16. The van der Waals surface area contributed by atoms with Crippen LogP contribution in [0.2, 0.25) is 0 Å². The Kier molecular flexibility index (Phi) is 3.74. The van der Waals surface area contributed by atoms with Crippen LogP contribution in [0.15, 0.2) is 18.2 Å². The maximum Gasteiger partial charge on any atom is 0.315 e. The van der Waals surface area contributed by atoms with Crippen molar-refractivity contribution in [2.45, 2.75) is 19.8 Å². The molecular formula is C13H18FNO2. The summed E-state index contributed by atoms with van der Waals surface area (Å²) < 4.78 is 18.4. The van der Waals surface area contributed by atoms with Crippen LogP contribution in [0.5, 0.6) is 5.75 Å². The van der Waals surface area contributed by atoms with Gasteiger partial charge in [-0.3, -0.25) is 4.79 Å². The van der Waals surface area contributed by atoms with Crippen molar-refractivity contribution in [3.05, 3.63) is 29.6 Å². The maximum absolute atomic E-state index is 13.3. The molecule has 0 saturated carbocycles. The Morgan fingerprint density at radius 1 is 1.59 bits per heavy atom. The topological polar surface area (TPSA) is 38.3 Å². The Morgan fingerprint density at radius 2 is 2.41 bits per heavy atom. The minimum absolute atomic E-state index is 0. The van der Waals surface area contributed by atoms with Crippen LogP contribution in [0.4, 0.5) is 4.39 Å². The lowest BCUT2D eigenvalue weighted by Crippen LogP contribution is -2.36. The fourth-order valence-corrected chi connectivity index (χ4v) is 1.89. The van der Waals surface area contributed by atoms with Crippen molar-refractivity contribution in [2.24, 2.45) is 5.92 Å². The number of piperidine rings is 1. The maximum atomic E-state index is 13.3. The van der Waals surface area contributed by atoms with Gasteiger partial charge in [-0.2, -0.15) is 0 Å². The zero-order valence-corrected chi connectivity index (χ0v) is 9.83. The lowest BCUT2D eigenvalue weighted by Gasteiger charge is -2.20. The largest absolute Gasteiger partial charge is 0.426 e. The zero-order valence-electron chi connectivity index (χ0n) is 9.83. The van der Waals surface area contributed by atoms with Gasteiger partial charge in [0.1, 0.15) is 11.6 Å². The summed E-state index contributed by atoms with van der Waals surface area (Å²) in [4.78, 5) is 11.8. The summed E-state index contributed by atoms with van der Waals surface area (Å²) >= 11 is 0. The molecule has 17 heavy (non-hydrogen) atoms. The van der Waals surface area contributed by atoms with Crippen molar-refractivity contribution in [3.63, 3.8) is 0 Å². The average molecular weight is 239 g/mol. The second-order valence-electron chi connectivity index (χ2n) is 4.38. The van der Waals surface area contributed by atoms with Crippen LogP contribution >= 0.6 is 0 Å². The van der Waals surface area contributed by atoms with Gasteiger partial charge in [0.25, 0.3) is 0 Å². The molecule has 3 nitrogen and oxygen atoms in total. The monoisotopic (exact) mass is 239 g/mol. The van der Waals surface area contributed by atoms with Crippen LogP contribution in [0.3, 0.4) is 0 Å². The Balaban J connectivity index is 0.00000162. The van der Waals surface area contributed by atoms with E-state index in [1.807, 2.05) is 0 Å². The summed E-state index contributed by atoms with van der Waals surface area (Å²) in [6.07, 6.45) is 1.81. The molecule has 1 fully saturated rings. The number of rotatable bonds is 2. The molecule has 0 aromatic heterocycles. The van der Waals surface area contributed by atoms with Gasteiger partial charge in [-0.25, -0.2) is 4.39 Å². The summed E-state index contributed by atoms with van der Waals surface area (Å²) in [6.45, 7) is 3.27. The van der Waals surface area contributed by atoms with Crippen molar-refractivity contribution in [3.8, 4) is 5.75 Å². The predicted molar refractivity (Wildman–Crippen MR) is 64.5 cm³/mol. The summed E-state index contributed by atoms with van der Waals surface area (Å²) in [5.74, 6) is -0.464. The van der Waals surface area contributed by atoms with E-state index in [0.717, 1.165) is 19.4 Å². The highest BCUT2D eigenvalue weighted by molar-refractivity contribution is 5.75. The Bertz CT molecular complexity index is 419. The highest BCUT2D eigenvalue weighted by Crippen LogP contribution is 2.19. The van der Waals surface area contributed by atoms with Gasteiger partial charge >= 0.3 is 5.97 Å². The lowest BCUT2D eigenvalue weighted by atomic mass is 10.0. The van der Waals surface area contributed by atoms with E-state index >= 15 is 0 Å². The van der Waals surface area contributed by atoms with E-state index in [1.54, 1.807) is 19.1 Å². The summed E-state index contributed by atoms with van der Waals surface area (Å²) in [7, 11) is 0. The van der Waals surface area contributed by atoms with Crippen LogP contribution < -0.4 is 10.1 Å². The average Bonchev–Trinajstić information content (AvgIpc) is 2.35. The third kappa shape index (κ3) is 3.03. The van der Waals surface area contributed by atoms with Gasteiger partial charge < -0.3 is 10.1 Å². The van der Waals surface area contributed by atoms with Crippen LogP contribution in [0.1, 0.15) is 19.8 Å². The fraction of sp³-hybridized carbons (Fsp3) is 0.462.